The van der Waals surface area contributed by atoms with Gasteiger partial charge in [0, 0.05) is 6.42 Å². The number of rotatable bonds is 55. The number of phosphoric acid groups is 1. The van der Waals surface area contributed by atoms with Crippen molar-refractivity contribution in [2.24, 2.45) is 0 Å². The lowest BCUT2D eigenvalue weighted by Crippen LogP contribution is -2.46. The summed E-state index contributed by atoms with van der Waals surface area (Å²) in [4.78, 5) is 23.3. The van der Waals surface area contributed by atoms with Crippen molar-refractivity contribution in [1.82, 2.24) is 5.32 Å². The zero-order valence-electron chi connectivity index (χ0n) is 45.7. The van der Waals surface area contributed by atoms with Crippen LogP contribution in [0.25, 0.3) is 0 Å². The first-order valence-corrected chi connectivity index (χ1v) is 31.0. The second-order valence-corrected chi connectivity index (χ2v) is 23.2. The molecule has 3 N–H and O–H groups in total. The zero-order valence-corrected chi connectivity index (χ0v) is 46.6. The van der Waals surface area contributed by atoms with Gasteiger partial charge in [0.05, 0.1) is 39.9 Å². The molecular formula is C58H118N2O6P+. The van der Waals surface area contributed by atoms with Crippen molar-refractivity contribution in [3.8, 4) is 0 Å². The first-order chi connectivity index (χ1) is 32.5. The highest BCUT2D eigenvalue weighted by Crippen LogP contribution is 2.43. The van der Waals surface area contributed by atoms with Crippen LogP contribution in [-0.4, -0.2) is 73.4 Å². The van der Waals surface area contributed by atoms with Gasteiger partial charge < -0.3 is 19.8 Å². The summed E-state index contributed by atoms with van der Waals surface area (Å²) < 4.78 is 23.8. The standard InChI is InChI=1S/C58H117N2O6P/c1-6-8-10-12-14-16-18-20-22-24-26-27-28-29-30-31-32-33-34-36-38-40-42-44-46-48-50-52-58(62)59-56(55-66-67(63,64)65-54-53-60(3,4)5)57(61)51-49-47-45-43-41-39-37-35-25-23-21-19-17-15-13-11-9-7-2/h24,26,56-57,61H,6-23,25,27-55H2,1-5H3,(H-,59,62,63,64)/p+1/b26-24-. The normalized spacial score (nSPS) is 14.0. The minimum absolute atomic E-state index is 0.0777. The minimum atomic E-state index is -4.32. The molecule has 0 aliphatic carbocycles. The van der Waals surface area contributed by atoms with E-state index >= 15 is 0 Å². The van der Waals surface area contributed by atoms with E-state index in [-0.39, 0.29) is 19.1 Å². The van der Waals surface area contributed by atoms with Gasteiger partial charge in [0.15, 0.2) is 0 Å². The van der Waals surface area contributed by atoms with Crippen LogP contribution < -0.4 is 5.32 Å². The maximum absolute atomic E-state index is 13.0. The highest BCUT2D eigenvalue weighted by Gasteiger charge is 2.28. The molecule has 3 unspecified atom stereocenters. The molecule has 0 radical (unpaired) electrons. The molecule has 0 saturated heterocycles. The average molecular weight is 971 g/mol. The van der Waals surface area contributed by atoms with Crippen LogP contribution in [0.3, 0.4) is 0 Å². The molecule has 8 nitrogen and oxygen atoms in total. The highest BCUT2D eigenvalue weighted by molar-refractivity contribution is 7.47. The number of allylic oxidation sites excluding steroid dienone is 2. The topological polar surface area (TPSA) is 105 Å². The van der Waals surface area contributed by atoms with Crippen molar-refractivity contribution in [2.75, 3.05) is 40.9 Å². The average Bonchev–Trinajstić information content (AvgIpc) is 3.29. The lowest BCUT2D eigenvalue weighted by Gasteiger charge is -2.26. The molecule has 0 fully saturated rings. The highest BCUT2D eigenvalue weighted by atomic mass is 31.2. The molecule has 1 amide bonds. The number of nitrogens with one attached hydrogen (secondary N) is 1. The van der Waals surface area contributed by atoms with E-state index in [0.717, 1.165) is 38.5 Å². The molecule has 400 valence electrons. The first-order valence-electron chi connectivity index (χ1n) is 29.6. The molecule has 0 aromatic heterocycles. The van der Waals surface area contributed by atoms with Crippen LogP contribution in [0.2, 0.25) is 0 Å². The Morgan fingerprint density at radius 2 is 0.806 bits per heavy atom. The molecule has 0 rings (SSSR count). The fourth-order valence-corrected chi connectivity index (χ4v) is 9.84. The summed E-state index contributed by atoms with van der Waals surface area (Å²) in [6.45, 7) is 4.94. The van der Waals surface area contributed by atoms with Gasteiger partial charge in [-0.3, -0.25) is 13.8 Å². The van der Waals surface area contributed by atoms with E-state index in [2.05, 4.69) is 31.3 Å². The Labute approximate surface area is 418 Å². The molecule has 3 atom stereocenters. The van der Waals surface area contributed by atoms with Gasteiger partial charge in [-0.15, -0.1) is 0 Å². The lowest BCUT2D eigenvalue weighted by molar-refractivity contribution is -0.870. The van der Waals surface area contributed by atoms with E-state index in [9.17, 15) is 19.4 Å². The summed E-state index contributed by atoms with van der Waals surface area (Å²) in [6, 6.07) is -0.757. The third-order valence-electron chi connectivity index (χ3n) is 13.8. The van der Waals surface area contributed by atoms with Crippen molar-refractivity contribution >= 4 is 13.7 Å². The summed E-state index contributed by atoms with van der Waals surface area (Å²) in [5.41, 5.74) is 0. The van der Waals surface area contributed by atoms with Gasteiger partial charge in [0.25, 0.3) is 0 Å². The summed E-state index contributed by atoms with van der Waals surface area (Å²) in [5.74, 6) is -0.138. The van der Waals surface area contributed by atoms with Gasteiger partial charge in [-0.25, -0.2) is 4.57 Å². The predicted octanol–water partition coefficient (Wildman–Crippen LogP) is 17.8. The number of carbonyl (C=O) groups excluding carboxylic acids is 1. The van der Waals surface area contributed by atoms with Gasteiger partial charge in [0.2, 0.25) is 5.91 Å². The smallest absolute Gasteiger partial charge is 0.391 e. The Bertz CT molecular complexity index is 1100. The van der Waals surface area contributed by atoms with Gasteiger partial charge in [0.1, 0.15) is 13.2 Å². The molecule has 0 aromatic rings. The molecule has 0 heterocycles. The second-order valence-electron chi connectivity index (χ2n) is 21.7. The number of carbonyl (C=O) groups is 1. The Balaban J connectivity index is 4.09. The molecule has 0 aliphatic rings. The Morgan fingerprint density at radius 1 is 0.493 bits per heavy atom. The minimum Gasteiger partial charge on any atom is -0.391 e. The Kier molecular flexibility index (Phi) is 49.6. The summed E-state index contributed by atoms with van der Waals surface area (Å²) in [7, 11) is 1.63. The maximum Gasteiger partial charge on any atom is 0.472 e. The van der Waals surface area contributed by atoms with E-state index in [1.165, 1.54) is 238 Å². The first kappa shape index (κ1) is 66.2. The Morgan fingerprint density at radius 3 is 1.15 bits per heavy atom. The molecule has 67 heavy (non-hydrogen) atoms. The van der Waals surface area contributed by atoms with Crippen LogP contribution in [-0.2, 0) is 18.4 Å². The van der Waals surface area contributed by atoms with E-state index in [4.69, 9.17) is 9.05 Å². The quantitative estimate of drug-likeness (QED) is 0.0243. The molecule has 0 bridgehead atoms. The van der Waals surface area contributed by atoms with Crippen LogP contribution >= 0.6 is 7.82 Å². The van der Waals surface area contributed by atoms with Gasteiger partial charge >= 0.3 is 7.82 Å². The third kappa shape index (κ3) is 52.9. The van der Waals surface area contributed by atoms with Crippen molar-refractivity contribution in [3.05, 3.63) is 12.2 Å². The summed E-state index contributed by atoms with van der Waals surface area (Å²) >= 11 is 0. The number of hydrogen-bond acceptors (Lipinski definition) is 5. The molecule has 0 aliphatic heterocycles. The van der Waals surface area contributed by atoms with Crippen molar-refractivity contribution in [2.45, 2.75) is 315 Å². The molecule has 9 heteroatoms. The number of likely N-dealkylation sites (N-methyl/N-ethyl adjacent to an activating group) is 1. The number of aliphatic hydroxyl groups excluding tert-OH is 1. The van der Waals surface area contributed by atoms with E-state index in [1.807, 2.05) is 21.1 Å². The van der Waals surface area contributed by atoms with Crippen LogP contribution in [0.5, 0.6) is 0 Å². The van der Waals surface area contributed by atoms with Crippen LogP contribution in [0.4, 0.5) is 0 Å². The zero-order chi connectivity index (χ0) is 49.2. The molecule has 0 saturated carbocycles. The number of nitrogens with zero attached hydrogens (tertiary/aromatic N) is 1. The number of aliphatic hydroxyl groups is 1. The number of unbranched alkanes of at least 4 members (excludes halogenated alkanes) is 40. The number of amides is 1. The van der Waals surface area contributed by atoms with Gasteiger partial charge in [-0.1, -0.05) is 270 Å². The summed E-state index contributed by atoms with van der Waals surface area (Å²) in [5, 5.41) is 14.1. The van der Waals surface area contributed by atoms with E-state index in [1.54, 1.807) is 0 Å². The van der Waals surface area contributed by atoms with Gasteiger partial charge in [-0.2, -0.15) is 0 Å². The fraction of sp³-hybridized carbons (Fsp3) is 0.948. The lowest BCUT2D eigenvalue weighted by atomic mass is 10.0. The van der Waals surface area contributed by atoms with Crippen LogP contribution in [0.1, 0.15) is 303 Å². The SMILES string of the molecule is CCCCCCCCCC/C=C\CCCCCCCCCCCCCCCCCC(=O)NC(COP(=O)(O)OCC[N+](C)(C)C)C(O)CCCCCCCCCCCCCCCCCCCC. The van der Waals surface area contributed by atoms with Crippen molar-refractivity contribution in [1.29, 1.82) is 0 Å². The molecule has 0 aromatic carbocycles. The third-order valence-corrected chi connectivity index (χ3v) is 14.7. The molecular weight excluding hydrogens is 852 g/mol. The largest absolute Gasteiger partial charge is 0.472 e. The van der Waals surface area contributed by atoms with E-state index in [0.29, 0.717) is 23.9 Å². The summed E-state index contributed by atoms with van der Waals surface area (Å²) in [6.07, 6.45) is 61.3. The maximum atomic E-state index is 13.0. The van der Waals surface area contributed by atoms with Crippen molar-refractivity contribution in [3.63, 3.8) is 0 Å². The number of hydrogen-bond donors (Lipinski definition) is 3. The van der Waals surface area contributed by atoms with Gasteiger partial charge in [-0.05, 0) is 38.5 Å². The monoisotopic (exact) mass is 970 g/mol. The van der Waals surface area contributed by atoms with Crippen LogP contribution in [0.15, 0.2) is 12.2 Å². The second kappa shape index (κ2) is 50.2. The molecule has 0 spiro atoms. The number of quaternary nitrogens is 1. The Hall–Kier alpha value is -0.760. The number of phosphoric ester groups is 1. The van der Waals surface area contributed by atoms with Crippen molar-refractivity contribution < 1.29 is 32.9 Å². The fourth-order valence-electron chi connectivity index (χ4n) is 9.10. The van der Waals surface area contributed by atoms with E-state index < -0.39 is 20.0 Å². The van der Waals surface area contributed by atoms with Crippen LogP contribution in [0, 0.1) is 0 Å². The predicted molar refractivity (Wildman–Crippen MR) is 291 cm³/mol.